The zero-order chi connectivity index (χ0) is 19.6. The Morgan fingerprint density at radius 3 is 2.56 bits per heavy atom. The molecule has 1 unspecified atom stereocenters. The number of nitrogens with one attached hydrogen (secondary N) is 1. The van der Waals surface area contributed by atoms with Crippen LogP contribution in [-0.2, 0) is 7.05 Å². The zero-order valence-electron chi connectivity index (χ0n) is 16.9. The average Bonchev–Trinajstić information content (AvgIpc) is 3.15. The highest BCUT2D eigenvalue weighted by Gasteiger charge is 2.24. The van der Waals surface area contributed by atoms with Gasteiger partial charge in [-0.05, 0) is 36.6 Å². The summed E-state index contributed by atoms with van der Waals surface area (Å²) >= 11 is 0. The number of hydrogen-bond donors (Lipinski definition) is 1. The predicted octanol–water partition coefficient (Wildman–Crippen LogP) is 4.72. The molecule has 1 atom stereocenters. The molecule has 0 fully saturated rings. The number of fused-ring (bicyclic) bond motifs is 1. The average molecular weight is 370 g/mol. The number of allylic oxidation sites excluding steroid dienone is 2. The molecule has 2 aliphatic rings. The highest BCUT2D eigenvalue weighted by atomic mass is 16.6. The molecule has 0 bridgehead atoms. The fourth-order valence-electron chi connectivity index (χ4n) is 2.77. The lowest BCUT2D eigenvalue weighted by Crippen LogP contribution is -2.31. The van der Waals surface area contributed by atoms with Gasteiger partial charge in [-0.3, -0.25) is 4.68 Å². The van der Waals surface area contributed by atoms with Gasteiger partial charge in [0, 0.05) is 12.7 Å². The van der Waals surface area contributed by atoms with E-state index in [1.807, 2.05) is 59.0 Å². The smallest absolute Gasteiger partial charge is 0.246 e. The third-order valence-electron chi connectivity index (χ3n) is 3.89. The quantitative estimate of drug-likeness (QED) is 0.847. The highest BCUT2D eigenvalue weighted by Crippen LogP contribution is 2.34. The van der Waals surface area contributed by atoms with Gasteiger partial charge in [0.15, 0.2) is 17.6 Å². The normalized spacial score (nSPS) is 17.3. The van der Waals surface area contributed by atoms with E-state index in [4.69, 9.17) is 9.47 Å². The fraction of sp³-hybridized carbons (Fsp3) is 0.429. The number of ether oxygens (including phenoxy) is 2. The Morgan fingerprint density at radius 2 is 1.85 bits per heavy atom. The summed E-state index contributed by atoms with van der Waals surface area (Å²) in [6, 6.07) is 7.77. The van der Waals surface area contributed by atoms with Crippen LogP contribution in [0.1, 0.15) is 40.5 Å². The van der Waals surface area contributed by atoms with Gasteiger partial charge in [0.25, 0.3) is 0 Å². The Hall–Kier alpha value is -2.76. The summed E-state index contributed by atoms with van der Waals surface area (Å²) in [5.41, 5.74) is 2.22. The van der Waals surface area contributed by atoms with Gasteiger partial charge in [0.1, 0.15) is 12.9 Å². The van der Waals surface area contributed by atoms with Crippen molar-refractivity contribution in [2.75, 3.05) is 11.9 Å². The van der Waals surface area contributed by atoms with E-state index >= 15 is 0 Å². The van der Waals surface area contributed by atoms with Crippen LogP contribution in [0.2, 0.25) is 0 Å². The molecule has 27 heavy (non-hydrogen) atoms. The summed E-state index contributed by atoms with van der Waals surface area (Å²) in [6.07, 6.45) is 7.81. The number of anilines is 1. The van der Waals surface area contributed by atoms with Crippen LogP contribution in [0.3, 0.4) is 0 Å². The Balaban J connectivity index is 0.000000614. The second kappa shape index (κ2) is 10.4. The van der Waals surface area contributed by atoms with E-state index in [0.717, 1.165) is 35.6 Å². The fourth-order valence-corrected chi connectivity index (χ4v) is 2.77. The van der Waals surface area contributed by atoms with E-state index in [1.165, 1.54) is 0 Å². The molecule has 146 valence electrons. The van der Waals surface area contributed by atoms with Crippen LogP contribution < -0.4 is 14.8 Å². The molecule has 1 aliphatic heterocycles. The molecule has 0 saturated carbocycles. The maximum atomic E-state index is 6.07. The van der Waals surface area contributed by atoms with Crippen molar-refractivity contribution in [3.63, 3.8) is 0 Å². The molecule has 1 aromatic carbocycles. The van der Waals surface area contributed by atoms with Gasteiger partial charge >= 0.3 is 0 Å². The van der Waals surface area contributed by atoms with Gasteiger partial charge in [0.2, 0.25) is 5.95 Å². The molecule has 0 amide bonds. The maximum absolute atomic E-state index is 6.07. The summed E-state index contributed by atoms with van der Waals surface area (Å²) in [5, 5.41) is 7.52. The summed E-state index contributed by atoms with van der Waals surface area (Å²) < 4.78 is 13.6. The Kier molecular flexibility index (Phi) is 7.92. The van der Waals surface area contributed by atoms with Gasteiger partial charge in [-0.2, -0.15) is 0 Å². The van der Waals surface area contributed by atoms with Crippen molar-refractivity contribution in [2.45, 2.75) is 46.6 Å². The molecule has 0 spiro atoms. The lowest BCUT2D eigenvalue weighted by Gasteiger charge is -2.28. The number of para-hydroxylation sites is 2. The van der Waals surface area contributed by atoms with E-state index in [0.29, 0.717) is 12.6 Å². The van der Waals surface area contributed by atoms with Crippen molar-refractivity contribution < 1.29 is 9.47 Å². The molecule has 2 aromatic rings. The van der Waals surface area contributed by atoms with E-state index in [1.54, 1.807) is 11.0 Å². The molecule has 0 radical (unpaired) electrons. The summed E-state index contributed by atoms with van der Waals surface area (Å²) in [7, 11) is 1.85. The van der Waals surface area contributed by atoms with Crippen LogP contribution in [0.4, 0.5) is 5.95 Å². The molecule has 2 heterocycles. The number of nitrogens with zero attached hydrogens (tertiary/aromatic N) is 3. The second-order valence-electron chi connectivity index (χ2n) is 5.64. The molecule has 4 rings (SSSR count). The summed E-state index contributed by atoms with van der Waals surface area (Å²) in [4.78, 5) is 4.20. The first-order valence-electron chi connectivity index (χ1n) is 9.70. The van der Waals surface area contributed by atoms with Crippen LogP contribution in [0, 0.1) is 0 Å². The minimum atomic E-state index is -0.0845. The SMILES string of the molecule is CC.CC.Cn1cnc(NC2=CC(C3COc4ccccc4O3)=CCC2)n1. The first kappa shape index (κ1) is 20.6. The van der Waals surface area contributed by atoms with E-state index in [-0.39, 0.29) is 6.10 Å². The summed E-state index contributed by atoms with van der Waals surface area (Å²) in [5.74, 6) is 2.22. The number of rotatable bonds is 3. The molecule has 6 nitrogen and oxygen atoms in total. The second-order valence-corrected chi connectivity index (χ2v) is 5.64. The first-order valence-corrected chi connectivity index (χ1v) is 9.70. The van der Waals surface area contributed by atoms with Crippen molar-refractivity contribution in [1.82, 2.24) is 14.8 Å². The van der Waals surface area contributed by atoms with Gasteiger partial charge in [0.05, 0.1) is 0 Å². The van der Waals surface area contributed by atoms with Crippen LogP contribution >= 0.6 is 0 Å². The Morgan fingerprint density at radius 1 is 1.11 bits per heavy atom. The molecule has 1 N–H and O–H groups in total. The summed E-state index contributed by atoms with van der Waals surface area (Å²) in [6.45, 7) is 8.52. The van der Waals surface area contributed by atoms with Crippen molar-refractivity contribution in [3.8, 4) is 11.5 Å². The van der Waals surface area contributed by atoms with Crippen molar-refractivity contribution in [1.29, 1.82) is 0 Å². The van der Waals surface area contributed by atoms with Crippen LogP contribution in [0.5, 0.6) is 11.5 Å². The minimum Gasteiger partial charge on any atom is -0.485 e. The third-order valence-corrected chi connectivity index (χ3v) is 3.89. The van der Waals surface area contributed by atoms with Crippen molar-refractivity contribution >= 4 is 5.95 Å². The minimum absolute atomic E-state index is 0.0845. The number of benzene rings is 1. The van der Waals surface area contributed by atoms with Crippen LogP contribution in [0.15, 0.2) is 54.0 Å². The number of aromatic nitrogens is 3. The molecule has 1 aromatic heterocycles. The van der Waals surface area contributed by atoms with Gasteiger partial charge < -0.3 is 14.8 Å². The number of hydrogen-bond acceptors (Lipinski definition) is 5. The standard InChI is InChI=1S/C17H18N4O2.2C2H6/c1-21-11-18-17(20-21)19-13-6-4-5-12(9-13)16-10-22-14-7-2-3-8-15(14)23-16;2*1-2/h2-3,5,7-9,11,16H,4,6,10H2,1H3,(H,19,20);2*1-2H3. The van der Waals surface area contributed by atoms with E-state index in [2.05, 4.69) is 27.6 Å². The van der Waals surface area contributed by atoms with E-state index in [9.17, 15) is 0 Å². The molecule has 1 aliphatic carbocycles. The zero-order valence-corrected chi connectivity index (χ0v) is 16.9. The van der Waals surface area contributed by atoms with Gasteiger partial charge in [-0.25, -0.2) is 4.98 Å². The lowest BCUT2D eigenvalue weighted by molar-refractivity contribution is 0.117. The largest absolute Gasteiger partial charge is 0.485 e. The topological polar surface area (TPSA) is 61.2 Å². The highest BCUT2D eigenvalue weighted by molar-refractivity contribution is 5.45. The van der Waals surface area contributed by atoms with Gasteiger partial charge in [-0.15, -0.1) is 5.10 Å². The predicted molar refractivity (Wildman–Crippen MR) is 109 cm³/mol. The van der Waals surface area contributed by atoms with Crippen LogP contribution in [-0.4, -0.2) is 27.5 Å². The molecular formula is C21H30N4O2. The van der Waals surface area contributed by atoms with Gasteiger partial charge in [-0.1, -0.05) is 45.9 Å². The first-order chi connectivity index (χ1) is 13.3. The number of aryl methyl sites for hydroxylation is 1. The Bertz CT molecular complexity index is 780. The van der Waals surface area contributed by atoms with Crippen molar-refractivity contribution in [2.24, 2.45) is 7.05 Å². The Labute approximate surface area is 161 Å². The monoisotopic (exact) mass is 370 g/mol. The molecular weight excluding hydrogens is 340 g/mol. The molecule has 6 heteroatoms. The van der Waals surface area contributed by atoms with Crippen molar-refractivity contribution in [3.05, 3.63) is 54.0 Å². The van der Waals surface area contributed by atoms with E-state index < -0.39 is 0 Å². The van der Waals surface area contributed by atoms with Crippen LogP contribution in [0.25, 0.3) is 0 Å². The lowest BCUT2D eigenvalue weighted by atomic mass is 9.99. The third kappa shape index (κ3) is 5.36. The maximum Gasteiger partial charge on any atom is 0.246 e. The molecule has 0 saturated heterocycles.